The molecule has 2 aromatic heterocycles. The van der Waals surface area contributed by atoms with Crippen molar-refractivity contribution in [1.29, 1.82) is 0 Å². The predicted molar refractivity (Wildman–Crippen MR) is 91.5 cm³/mol. The topological polar surface area (TPSA) is 134 Å². The Morgan fingerprint density at radius 1 is 0.923 bits per heavy atom. The minimum absolute atomic E-state index is 0.0331. The van der Waals surface area contributed by atoms with Crippen LogP contribution in [0.4, 0.5) is 0 Å². The molecule has 0 radical (unpaired) electrons. The molecule has 2 heterocycles. The smallest absolute Gasteiger partial charge is 0.296 e. The highest BCUT2D eigenvalue weighted by molar-refractivity contribution is 5.97. The van der Waals surface area contributed by atoms with Gasteiger partial charge in [0.2, 0.25) is 0 Å². The highest BCUT2D eigenvalue weighted by Crippen LogP contribution is 2.14. The van der Waals surface area contributed by atoms with Crippen LogP contribution in [0.5, 0.6) is 0 Å². The van der Waals surface area contributed by atoms with Crippen molar-refractivity contribution in [2.45, 2.75) is 13.3 Å². The second kappa shape index (κ2) is 6.19. The molecule has 0 amide bonds. The molecule has 0 atom stereocenters. The highest BCUT2D eigenvalue weighted by Gasteiger charge is 2.19. The van der Waals surface area contributed by atoms with Gasteiger partial charge >= 0.3 is 0 Å². The van der Waals surface area contributed by atoms with Gasteiger partial charge < -0.3 is 4.90 Å². The van der Waals surface area contributed by atoms with E-state index < -0.39 is 34.1 Å². The summed E-state index contributed by atoms with van der Waals surface area (Å²) in [4.78, 5) is 65.7. The summed E-state index contributed by atoms with van der Waals surface area (Å²) >= 11 is 0. The standard InChI is InChI=1S/C15H14N4O7/c1-16(2)3-4-17-12(20)8-5-10-11(6-9(8)13(17)21)15(23)18(14(10)22)7-26-19(24)25/h5-6H,3-4,7H2,1-2H3. The summed E-state index contributed by atoms with van der Waals surface area (Å²) in [5.41, 5.74) is -2.73. The van der Waals surface area contributed by atoms with Crippen molar-refractivity contribution in [3.05, 3.63) is 63.7 Å². The van der Waals surface area contributed by atoms with Crippen molar-refractivity contribution in [3.8, 4) is 0 Å². The third-order valence-electron chi connectivity index (χ3n) is 4.12. The van der Waals surface area contributed by atoms with Gasteiger partial charge in [0, 0.05) is 13.1 Å². The fourth-order valence-electron chi connectivity index (χ4n) is 2.80. The number of rotatable bonds is 6. The van der Waals surface area contributed by atoms with Crippen molar-refractivity contribution < 1.29 is 9.92 Å². The molecule has 0 N–H and O–H groups in total. The molecule has 136 valence electrons. The Balaban J connectivity index is 2.23. The SMILES string of the molecule is CN(C)CCn1c(=O)c2cc3c(=O)n(CO[N+](=O)[O-])c(=O)c3cc2c1=O. The number of benzene rings is 1. The Kier molecular flexibility index (Phi) is 4.16. The van der Waals surface area contributed by atoms with Crippen molar-refractivity contribution in [1.82, 2.24) is 14.0 Å². The number of nitrogens with zero attached hydrogens (tertiary/aromatic N) is 4. The summed E-state index contributed by atoms with van der Waals surface area (Å²) in [5, 5.41) is 9.04. The van der Waals surface area contributed by atoms with Gasteiger partial charge in [-0.25, -0.2) is 4.57 Å². The van der Waals surface area contributed by atoms with E-state index in [1.165, 1.54) is 12.1 Å². The molecule has 0 saturated heterocycles. The predicted octanol–water partition coefficient (Wildman–Crippen LogP) is -1.36. The number of hydrogen-bond donors (Lipinski definition) is 0. The monoisotopic (exact) mass is 362 g/mol. The van der Waals surface area contributed by atoms with Crippen LogP contribution >= 0.6 is 0 Å². The van der Waals surface area contributed by atoms with E-state index in [-0.39, 0.29) is 28.1 Å². The third kappa shape index (κ3) is 2.67. The Morgan fingerprint density at radius 2 is 1.35 bits per heavy atom. The average molecular weight is 362 g/mol. The molecule has 1 aromatic carbocycles. The molecule has 0 aliphatic heterocycles. The van der Waals surface area contributed by atoms with E-state index in [1.54, 1.807) is 14.1 Å². The maximum Gasteiger partial charge on any atom is 0.296 e. The van der Waals surface area contributed by atoms with Crippen LogP contribution in [-0.2, 0) is 18.1 Å². The van der Waals surface area contributed by atoms with Crippen LogP contribution in [-0.4, -0.2) is 39.8 Å². The fraction of sp³-hybridized carbons (Fsp3) is 0.333. The molecule has 0 spiro atoms. The number of likely N-dealkylation sites (N-methyl/N-ethyl adjacent to an activating group) is 1. The molecule has 0 aliphatic carbocycles. The van der Waals surface area contributed by atoms with E-state index in [4.69, 9.17) is 0 Å². The Bertz CT molecular complexity index is 1150. The molecule has 0 fully saturated rings. The second-order valence-corrected chi connectivity index (χ2v) is 6.03. The van der Waals surface area contributed by atoms with Gasteiger partial charge in [0.1, 0.15) is 0 Å². The van der Waals surface area contributed by atoms with Crippen LogP contribution in [0.3, 0.4) is 0 Å². The van der Waals surface area contributed by atoms with Crippen molar-refractivity contribution in [2.75, 3.05) is 20.6 Å². The van der Waals surface area contributed by atoms with E-state index in [2.05, 4.69) is 4.84 Å². The van der Waals surface area contributed by atoms with Crippen LogP contribution in [0, 0.1) is 10.1 Å². The zero-order chi connectivity index (χ0) is 19.2. The lowest BCUT2D eigenvalue weighted by molar-refractivity contribution is -0.767. The number of fused-ring (bicyclic) bond motifs is 2. The van der Waals surface area contributed by atoms with Crippen molar-refractivity contribution in [2.24, 2.45) is 0 Å². The molecule has 0 aliphatic rings. The molecular formula is C15H14N4O7. The van der Waals surface area contributed by atoms with E-state index in [0.29, 0.717) is 11.1 Å². The molecule has 0 bridgehead atoms. The van der Waals surface area contributed by atoms with Gasteiger partial charge in [-0.1, -0.05) is 0 Å². The third-order valence-corrected chi connectivity index (χ3v) is 4.12. The molecule has 11 heteroatoms. The lowest BCUT2D eigenvalue weighted by atomic mass is 10.1. The molecule has 0 unspecified atom stereocenters. The van der Waals surface area contributed by atoms with E-state index in [1.807, 2.05) is 4.90 Å². The molecule has 11 nitrogen and oxygen atoms in total. The van der Waals surface area contributed by atoms with Crippen LogP contribution < -0.4 is 22.2 Å². The summed E-state index contributed by atoms with van der Waals surface area (Å²) in [7, 11) is 3.59. The molecule has 26 heavy (non-hydrogen) atoms. The Hall–Kier alpha value is -3.34. The zero-order valence-electron chi connectivity index (χ0n) is 13.9. The van der Waals surface area contributed by atoms with Crippen LogP contribution in [0.15, 0.2) is 31.3 Å². The van der Waals surface area contributed by atoms with Gasteiger partial charge in [-0.05, 0) is 26.2 Å². The summed E-state index contributed by atoms with van der Waals surface area (Å²) in [5.74, 6) is 0. The normalized spacial score (nSPS) is 11.7. The van der Waals surface area contributed by atoms with E-state index >= 15 is 0 Å². The number of hydrogen-bond acceptors (Lipinski definition) is 8. The van der Waals surface area contributed by atoms with Crippen LogP contribution in [0.25, 0.3) is 21.5 Å². The molecule has 3 aromatic rings. The zero-order valence-corrected chi connectivity index (χ0v) is 13.9. The molecule has 0 saturated carbocycles. The Labute approximate surface area is 144 Å². The first-order valence-electron chi connectivity index (χ1n) is 7.55. The second-order valence-electron chi connectivity index (χ2n) is 6.03. The van der Waals surface area contributed by atoms with Gasteiger partial charge in [-0.15, -0.1) is 10.1 Å². The lowest BCUT2D eigenvalue weighted by Crippen LogP contribution is -2.30. The van der Waals surface area contributed by atoms with Gasteiger partial charge in [0.25, 0.3) is 27.3 Å². The minimum atomic E-state index is -1.13. The quantitative estimate of drug-likeness (QED) is 0.388. The maximum absolute atomic E-state index is 12.5. The van der Waals surface area contributed by atoms with Gasteiger partial charge in [-0.2, -0.15) is 0 Å². The fourth-order valence-corrected chi connectivity index (χ4v) is 2.80. The van der Waals surface area contributed by atoms with E-state index in [9.17, 15) is 29.3 Å². The average Bonchev–Trinajstić information content (AvgIpc) is 2.95. The lowest BCUT2D eigenvalue weighted by Gasteiger charge is -2.08. The summed E-state index contributed by atoms with van der Waals surface area (Å²) in [6.45, 7) is -0.218. The maximum atomic E-state index is 12.5. The van der Waals surface area contributed by atoms with Crippen molar-refractivity contribution in [3.63, 3.8) is 0 Å². The van der Waals surface area contributed by atoms with Gasteiger partial charge in [-0.3, -0.25) is 28.6 Å². The number of aromatic nitrogens is 2. The van der Waals surface area contributed by atoms with Gasteiger partial charge in [0.15, 0.2) is 6.73 Å². The van der Waals surface area contributed by atoms with E-state index in [0.717, 1.165) is 4.57 Å². The summed E-state index contributed by atoms with van der Waals surface area (Å²) in [6.07, 6.45) is 0. The Morgan fingerprint density at radius 3 is 1.73 bits per heavy atom. The first kappa shape index (κ1) is 17.5. The first-order chi connectivity index (χ1) is 12.2. The molecular weight excluding hydrogens is 348 g/mol. The highest BCUT2D eigenvalue weighted by atomic mass is 17.0. The summed E-state index contributed by atoms with van der Waals surface area (Å²) in [6, 6.07) is 2.37. The first-order valence-corrected chi connectivity index (χ1v) is 7.55. The summed E-state index contributed by atoms with van der Waals surface area (Å²) < 4.78 is 1.60. The largest absolute Gasteiger partial charge is 0.308 e. The minimum Gasteiger partial charge on any atom is -0.308 e. The van der Waals surface area contributed by atoms with Crippen molar-refractivity contribution >= 4 is 21.5 Å². The van der Waals surface area contributed by atoms with Crippen LogP contribution in [0.1, 0.15) is 0 Å². The van der Waals surface area contributed by atoms with Crippen LogP contribution in [0.2, 0.25) is 0 Å². The molecule has 3 rings (SSSR count). The van der Waals surface area contributed by atoms with Gasteiger partial charge in [0.05, 0.1) is 21.5 Å².